The second-order valence-electron chi connectivity index (χ2n) is 4.69. The van der Waals surface area contributed by atoms with Gasteiger partial charge in [-0.3, -0.25) is 0 Å². The van der Waals surface area contributed by atoms with Crippen LogP contribution in [-0.2, 0) is 26.4 Å². The molecule has 0 amide bonds. The molecule has 2 heterocycles. The molecule has 120 valence electrons. The Balaban J connectivity index is 2.22. The van der Waals surface area contributed by atoms with Crippen molar-refractivity contribution in [3.63, 3.8) is 0 Å². The lowest BCUT2D eigenvalue weighted by molar-refractivity contribution is 0.427. The van der Waals surface area contributed by atoms with Gasteiger partial charge in [-0.15, -0.1) is 0 Å². The standard InChI is InChI=1S/C11H17BrN2O5S2/c1-2-13-8-9-7-10(11(12)19-9)21(17,18)14-3-5-20(15,16)6-4-14/h7,13H,2-6,8H2,1H3. The number of nitrogens with zero attached hydrogens (tertiary/aromatic N) is 1. The summed E-state index contributed by atoms with van der Waals surface area (Å²) in [5.74, 6) is 0.213. The highest BCUT2D eigenvalue weighted by molar-refractivity contribution is 9.10. The lowest BCUT2D eigenvalue weighted by atomic mass is 10.4. The van der Waals surface area contributed by atoms with Crippen LogP contribution in [0.2, 0.25) is 0 Å². The van der Waals surface area contributed by atoms with Crippen LogP contribution in [0.1, 0.15) is 12.7 Å². The molecule has 1 aromatic rings. The van der Waals surface area contributed by atoms with Crippen molar-refractivity contribution in [3.8, 4) is 0 Å². The van der Waals surface area contributed by atoms with E-state index in [0.29, 0.717) is 12.3 Å². The van der Waals surface area contributed by atoms with Gasteiger partial charge in [0, 0.05) is 19.2 Å². The van der Waals surface area contributed by atoms with E-state index in [0.717, 1.165) is 6.54 Å². The Labute approximate surface area is 132 Å². The zero-order chi connectivity index (χ0) is 15.7. The van der Waals surface area contributed by atoms with Gasteiger partial charge in [0.2, 0.25) is 10.0 Å². The lowest BCUT2D eigenvalue weighted by Gasteiger charge is -2.25. The SMILES string of the molecule is CCNCc1cc(S(=O)(=O)N2CCS(=O)(=O)CC2)c(Br)o1. The zero-order valence-electron chi connectivity index (χ0n) is 11.5. The van der Waals surface area contributed by atoms with Crippen LogP contribution >= 0.6 is 15.9 Å². The molecular formula is C11H17BrN2O5S2. The maximum absolute atomic E-state index is 12.5. The topological polar surface area (TPSA) is 96.7 Å². The van der Waals surface area contributed by atoms with Crippen LogP contribution in [-0.4, -0.2) is 52.3 Å². The summed E-state index contributed by atoms with van der Waals surface area (Å²) < 4.78 is 54.5. The molecule has 0 radical (unpaired) electrons. The summed E-state index contributed by atoms with van der Waals surface area (Å²) in [7, 11) is -6.87. The molecule has 0 unspecified atom stereocenters. The molecule has 0 aromatic carbocycles. The average molecular weight is 401 g/mol. The molecule has 1 saturated heterocycles. The Kier molecular flexibility index (Phi) is 5.14. The number of nitrogens with one attached hydrogen (secondary N) is 1. The molecule has 1 fully saturated rings. The monoisotopic (exact) mass is 400 g/mol. The molecule has 1 N–H and O–H groups in total. The van der Waals surface area contributed by atoms with E-state index in [2.05, 4.69) is 21.2 Å². The molecular weight excluding hydrogens is 384 g/mol. The summed E-state index contributed by atoms with van der Waals surface area (Å²) in [6.07, 6.45) is 0. The van der Waals surface area contributed by atoms with Gasteiger partial charge in [0.15, 0.2) is 14.5 Å². The maximum Gasteiger partial charge on any atom is 0.247 e. The molecule has 7 nitrogen and oxygen atoms in total. The number of hydrogen-bond donors (Lipinski definition) is 1. The van der Waals surface area contributed by atoms with Crippen LogP contribution in [0.3, 0.4) is 0 Å². The summed E-state index contributed by atoms with van der Waals surface area (Å²) in [5, 5.41) is 3.04. The van der Waals surface area contributed by atoms with Gasteiger partial charge in [-0.2, -0.15) is 4.31 Å². The van der Waals surface area contributed by atoms with E-state index in [1.54, 1.807) is 0 Å². The van der Waals surface area contributed by atoms with E-state index < -0.39 is 19.9 Å². The van der Waals surface area contributed by atoms with Crippen LogP contribution in [0.5, 0.6) is 0 Å². The van der Waals surface area contributed by atoms with Gasteiger partial charge >= 0.3 is 0 Å². The minimum Gasteiger partial charge on any atom is -0.452 e. The number of rotatable bonds is 5. The van der Waals surface area contributed by atoms with E-state index in [-0.39, 0.29) is 34.2 Å². The van der Waals surface area contributed by atoms with E-state index in [1.807, 2.05) is 6.92 Å². The van der Waals surface area contributed by atoms with Crippen LogP contribution < -0.4 is 5.32 Å². The van der Waals surface area contributed by atoms with E-state index in [1.165, 1.54) is 10.4 Å². The predicted molar refractivity (Wildman–Crippen MR) is 81.2 cm³/mol. The Morgan fingerprint density at radius 1 is 1.38 bits per heavy atom. The highest BCUT2D eigenvalue weighted by atomic mass is 79.9. The summed E-state index contributed by atoms with van der Waals surface area (Å²) in [6, 6.07) is 1.46. The second-order valence-corrected chi connectivity index (χ2v) is 9.62. The minimum absolute atomic E-state index is 0.0230. The molecule has 1 aliphatic heterocycles. The van der Waals surface area contributed by atoms with Crippen molar-refractivity contribution in [1.29, 1.82) is 0 Å². The highest BCUT2D eigenvalue weighted by Gasteiger charge is 2.34. The number of halogens is 1. The summed E-state index contributed by atoms with van der Waals surface area (Å²) in [5.41, 5.74) is 0. The fourth-order valence-corrected chi connectivity index (χ4v) is 5.82. The molecule has 0 aliphatic carbocycles. The van der Waals surface area contributed by atoms with E-state index in [9.17, 15) is 16.8 Å². The van der Waals surface area contributed by atoms with Gasteiger partial charge < -0.3 is 9.73 Å². The minimum atomic E-state index is -3.75. The van der Waals surface area contributed by atoms with Gasteiger partial charge in [0.25, 0.3) is 0 Å². The van der Waals surface area contributed by atoms with Crippen LogP contribution in [0, 0.1) is 0 Å². The molecule has 0 bridgehead atoms. The van der Waals surface area contributed by atoms with Gasteiger partial charge in [-0.1, -0.05) is 6.92 Å². The Bertz CT molecular complexity index is 697. The molecule has 0 spiro atoms. The van der Waals surface area contributed by atoms with E-state index >= 15 is 0 Å². The zero-order valence-corrected chi connectivity index (χ0v) is 14.7. The number of sulfonamides is 1. The third-order valence-corrected chi connectivity index (χ3v) is 7.54. The van der Waals surface area contributed by atoms with Crippen molar-refractivity contribution in [1.82, 2.24) is 9.62 Å². The average Bonchev–Trinajstić information content (AvgIpc) is 2.78. The Hall–Kier alpha value is -0.420. The smallest absolute Gasteiger partial charge is 0.247 e. The van der Waals surface area contributed by atoms with Crippen molar-refractivity contribution in [3.05, 3.63) is 16.5 Å². The van der Waals surface area contributed by atoms with Gasteiger partial charge in [0.05, 0.1) is 18.1 Å². The molecule has 1 aliphatic rings. The fraction of sp³-hybridized carbons (Fsp3) is 0.636. The van der Waals surface area contributed by atoms with Crippen molar-refractivity contribution >= 4 is 35.8 Å². The molecule has 1 aromatic heterocycles. The van der Waals surface area contributed by atoms with Gasteiger partial charge in [-0.05, 0) is 22.5 Å². The fourth-order valence-electron chi connectivity index (χ4n) is 1.98. The van der Waals surface area contributed by atoms with Crippen molar-refractivity contribution in [2.45, 2.75) is 18.4 Å². The predicted octanol–water partition coefficient (Wildman–Crippen LogP) is 0.571. The van der Waals surface area contributed by atoms with Crippen molar-refractivity contribution in [2.75, 3.05) is 31.1 Å². The molecule has 0 atom stereocenters. The molecule has 0 saturated carbocycles. The maximum atomic E-state index is 12.5. The first-order valence-electron chi connectivity index (χ1n) is 6.46. The number of furan rings is 1. The lowest BCUT2D eigenvalue weighted by Crippen LogP contribution is -2.43. The third kappa shape index (κ3) is 3.86. The second kappa shape index (κ2) is 6.37. The molecule has 10 heteroatoms. The largest absolute Gasteiger partial charge is 0.452 e. The summed E-state index contributed by atoms with van der Waals surface area (Å²) in [4.78, 5) is 0.0368. The number of hydrogen-bond acceptors (Lipinski definition) is 6. The summed E-state index contributed by atoms with van der Waals surface area (Å²) in [6.45, 7) is 3.06. The summed E-state index contributed by atoms with van der Waals surface area (Å²) >= 11 is 3.12. The van der Waals surface area contributed by atoms with Crippen LogP contribution in [0.4, 0.5) is 0 Å². The number of sulfone groups is 1. The van der Waals surface area contributed by atoms with Crippen molar-refractivity contribution < 1.29 is 21.3 Å². The van der Waals surface area contributed by atoms with E-state index in [4.69, 9.17) is 4.42 Å². The normalized spacial score (nSPS) is 19.7. The third-order valence-electron chi connectivity index (χ3n) is 3.18. The van der Waals surface area contributed by atoms with Crippen LogP contribution in [0.15, 0.2) is 20.0 Å². The first-order valence-corrected chi connectivity index (χ1v) is 10.5. The quantitative estimate of drug-likeness (QED) is 0.775. The highest BCUT2D eigenvalue weighted by Crippen LogP contribution is 2.29. The Morgan fingerprint density at radius 2 is 2.00 bits per heavy atom. The Morgan fingerprint density at radius 3 is 2.57 bits per heavy atom. The molecule has 2 rings (SSSR count). The van der Waals surface area contributed by atoms with Crippen LogP contribution in [0.25, 0.3) is 0 Å². The first kappa shape index (κ1) is 16.9. The molecule has 21 heavy (non-hydrogen) atoms. The van der Waals surface area contributed by atoms with Crippen molar-refractivity contribution in [2.24, 2.45) is 0 Å². The van der Waals surface area contributed by atoms with Gasteiger partial charge in [-0.25, -0.2) is 16.8 Å². The first-order chi connectivity index (χ1) is 9.76. The van der Waals surface area contributed by atoms with Gasteiger partial charge in [0.1, 0.15) is 10.7 Å².